The van der Waals surface area contributed by atoms with Crippen molar-refractivity contribution in [2.75, 3.05) is 0 Å². The third kappa shape index (κ3) is 3.03. The number of carbonyl (C=O) groups excluding carboxylic acids is 1. The second-order valence-electron chi connectivity index (χ2n) is 4.48. The molecule has 0 fully saturated rings. The molecule has 0 spiro atoms. The summed E-state index contributed by atoms with van der Waals surface area (Å²) in [5, 5.41) is 13.1. The number of carboxylic acids is 1. The van der Waals surface area contributed by atoms with E-state index >= 15 is 0 Å². The van der Waals surface area contributed by atoms with Gasteiger partial charge in [0.2, 0.25) is 0 Å². The van der Waals surface area contributed by atoms with E-state index in [9.17, 15) is 9.59 Å². The molecule has 0 aromatic carbocycles. The minimum Gasteiger partial charge on any atom is -0.480 e. The van der Waals surface area contributed by atoms with Crippen LogP contribution in [-0.4, -0.2) is 28.0 Å². The van der Waals surface area contributed by atoms with Gasteiger partial charge in [0.25, 0.3) is 5.91 Å². The zero-order valence-electron chi connectivity index (χ0n) is 9.35. The van der Waals surface area contributed by atoms with Crippen LogP contribution in [-0.2, 0) is 4.79 Å². The van der Waals surface area contributed by atoms with Gasteiger partial charge >= 0.3 is 5.97 Å². The molecule has 5 nitrogen and oxygen atoms in total. The van der Waals surface area contributed by atoms with E-state index in [0.717, 1.165) is 0 Å². The highest BCUT2D eigenvalue weighted by molar-refractivity contribution is 7.07. The molecule has 1 rings (SSSR count). The summed E-state index contributed by atoms with van der Waals surface area (Å²) in [6.45, 7) is 5.27. The second kappa shape index (κ2) is 4.61. The second-order valence-corrected chi connectivity index (χ2v) is 5.20. The number of carboxylic acid groups (broad SMARTS) is 1. The topological polar surface area (TPSA) is 79.3 Å². The van der Waals surface area contributed by atoms with Crippen molar-refractivity contribution < 1.29 is 14.7 Å². The Labute approximate surface area is 97.5 Å². The molecule has 1 amide bonds. The molecule has 0 saturated carbocycles. The molecule has 0 saturated heterocycles. The van der Waals surface area contributed by atoms with Crippen LogP contribution in [0.5, 0.6) is 0 Å². The van der Waals surface area contributed by atoms with Gasteiger partial charge in [-0.3, -0.25) is 4.79 Å². The van der Waals surface area contributed by atoms with Gasteiger partial charge in [0, 0.05) is 5.38 Å². The Kier molecular flexibility index (Phi) is 3.64. The Morgan fingerprint density at radius 1 is 1.50 bits per heavy atom. The van der Waals surface area contributed by atoms with Crippen molar-refractivity contribution in [1.29, 1.82) is 0 Å². The molecular weight excluding hydrogens is 228 g/mol. The Morgan fingerprint density at radius 2 is 2.12 bits per heavy atom. The summed E-state index contributed by atoms with van der Waals surface area (Å²) in [7, 11) is 0. The average molecular weight is 242 g/mol. The lowest BCUT2D eigenvalue weighted by Crippen LogP contribution is -2.49. The number of rotatable bonds is 3. The van der Waals surface area contributed by atoms with E-state index in [-0.39, 0.29) is 5.69 Å². The molecule has 88 valence electrons. The highest BCUT2D eigenvalue weighted by atomic mass is 32.1. The SMILES string of the molecule is CC(C)(C)[C@@H](NC(=O)c1cscn1)C(=O)O. The van der Waals surface area contributed by atoms with Crippen LogP contribution in [0, 0.1) is 5.41 Å². The molecule has 0 bridgehead atoms. The van der Waals surface area contributed by atoms with Gasteiger partial charge < -0.3 is 10.4 Å². The number of thiazole rings is 1. The van der Waals surface area contributed by atoms with Gasteiger partial charge in [-0.2, -0.15) is 0 Å². The van der Waals surface area contributed by atoms with Gasteiger partial charge in [-0.1, -0.05) is 20.8 Å². The zero-order chi connectivity index (χ0) is 12.3. The van der Waals surface area contributed by atoms with Crippen LogP contribution in [0.2, 0.25) is 0 Å². The Morgan fingerprint density at radius 3 is 2.50 bits per heavy atom. The molecule has 0 aliphatic heterocycles. The number of amides is 1. The van der Waals surface area contributed by atoms with Gasteiger partial charge in [0.1, 0.15) is 11.7 Å². The Hall–Kier alpha value is -1.43. The van der Waals surface area contributed by atoms with E-state index in [4.69, 9.17) is 5.11 Å². The third-order valence-electron chi connectivity index (χ3n) is 2.05. The molecule has 1 aromatic heterocycles. The first-order valence-electron chi connectivity index (χ1n) is 4.74. The van der Waals surface area contributed by atoms with Crippen LogP contribution < -0.4 is 5.32 Å². The maximum Gasteiger partial charge on any atom is 0.326 e. The van der Waals surface area contributed by atoms with Crippen LogP contribution in [0.3, 0.4) is 0 Å². The summed E-state index contributed by atoms with van der Waals surface area (Å²) in [5.41, 5.74) is 1.24. The highest BCUT2D eigenvalue weighted by Gasteiger charge is 2.33. The number of aromatic nitrogens is 1. The maximum absolute atomic E-state index is 11.6. The molecule has 16 heavy (non-hydrogen) atoms. The van der Waals surface area contributed by atoms with Gasteiger partial charge in [0.15, 0.2) is 0 Å². The van der Waals surface area contributed by atoms with Crippen molar-refractivity contribution in [2.24, 2.45) is 5.41 Å². The molecule has 0 radical (unpaired) electrons. The molecular formula is C10H14N2O3S. The van der Waals surface area contributed by atoms with Gasteiger partial charge in [-0.05, 0) is 5.41 Å². The van der Waals surface area contributed by atoms with Crippen molar-refractivity contribution in [3.05, 3.63) is 16.6 Å². The predicted octanol–water partition coefficient (Wildman–Crippen LogP) is 1.37. The fourth-order valence-electron chi connectivity index (χ4n) is 1.18. The van der Waals surface area contributed by atoms with E-state index < -0.39 is 23.3 Å². The Balaban J connectivity index is 2.78. The Bertz CT molecular complexity index is 381. The number of hydrogen-bond acceptors (Lipinski definition) is 4. The third-order valence-corrected chi connectivity index (χ3v) is 2.64. The van der Waals surface area contributed by atoms with E-state index in [1.807, 2.05) is 0 Å². The van der Waals surface area contributed by atoms with Crippen molar-refractivity contribution in [1.82, 2.24) is 10.3 Å². The van der Waals surface area contributed by atoms with Crippen LogP contribution in [0.1, 0.15) is 31.3 Å². The molecule has 1 atom stereocenters. The van der Waals surface area contributed by atoms with Crippen molar-refractivity contribution in [2.45, 2.75) is 26.8 Å². The van der Waals surface area contributed by atoms with Crippen molar-refractivity contribution in [3.8, 4) is 0 Å². The van der Waals surface area contributed by atoms with E-state index in [0.29, 0.717) is 0 Å². The molecule has 6 heteroatoms. The van der Waals surface area contributed by atoms with Gasteiger partial charge in [0.05, 0.1) is 5.51 Å². The van der Waals surface area contributed by atoms with Crippen molar-refractivity contribution >= 4 is 23.2 Å². The molecule has 2 N–H and O–H groups in total. The minimum absolute atomic E-state index is 0.250. The largest absolute Gasteiger partial charge is 0.480 e. The van der Waals surface area contributed by atoms with Crippen LogP contribution in [0.4, 0.5) is 0 Å². The first-order chi connectivity index (χ1) is 7.32. The zero-order valence-corrected chi connectivity index (χ0v) is 10.2. The predicted molar refractivity (Wildman–Crippen MR) is 60.5 cm³/mol. The molecule has 0 unspecified atom stereocenters. The number of hydrogen-bond donors (Lipinski definition) is 2. The fraction of sp³-hybridized carbons (Fsp3) is 0.500. The highest BCUT2D eigenvalue weighted by Crippen LogP contribution is 2.19. The van der Waals surface area contributed by atoms with E-state index in [1.165, 1.54) is 16.8 Å². The lowest BCUT2D eigenvalue weighted by atomic mass is 9.87. The van der Waals surface area contributed by atoms with Gasteiger partial charge in [-0.15, -0.1) is 11.3 Å². The number of nitrogens with one attached hydrogen (secondary N) is 1. The van der Waals surface area contributed by atoms with E-state index in [1.54, 1.807) is 26.2 Å². The number of carbonyl (C=O) groups is 2. The maximum atomic E-state index is 11.6. The quantitative estimate of drug-likeness (QED) is 0.839. The van der Waals surface area contributed by atoms with Gasteiger partial charge in [-0.25, -0.2) is 9.78 Å². The summed E-state index contributed by atoms with van der Waals surface area (Å²) in [6.07, 6.45) is 0. The summed E-state index contributed by atoms with van der Waals surface area (Å²) < 4.78 is 0. The molecule has 0 aliphatic rings. The minimum atomic E-state index is -1.05. The molecule has 0 aliphatic carbocycles. The monoisotopic (exact) mass is 242 g/mol. The van der Waals surface area contributed by atoms with Crippen molar-refractivity contribution in [3.63, 3.8) is 0 Å². The average Bonchev–Trinajstić information content (AvgIpc) is 2.63. The first-order valence-corrected chi connectivity index (χ1v) is 5.68. The first kappa shape index (κ1) is 12.6. The lowest BCUT2D eigenvalue weighted by Gasteiger charge is -2.27. The van der Waals surface area contributed by atoms with Crippen LogP contribution in [0.25, 0.3) is 0 Å². The molecule has 1 heterocycles. The summed E-state index contributed by atoms with van der Waals surface area (Å²) in [5.74, 6) is -1.50. The normalized spacial score (nSPS) is 13.2. The van der Waals surface area contributed by atoms with Crippen LogP contribution >= 0.6 is 11.3 Å². The summed E-state index contributed by atoms with van der Waals surface area (Å²) in [4.78, 5) is 26.5. The lowest BCUT2D eigenvalue weighted by molar-refractivity contribution is -0.142. The number of nitrogens with zero attached hydrogens (tertiary/aromatic N) is 1. The number of aliphatic carboxylic acids is 1. The standard InChI is InChI=1S/C10H14N2O3S/c1-10(2,3)7(9(14)15)12-8(13)6-4-16-5-11-6/h4-5,7H,1-3H3,(H,12,13)(H,14,15)/t7-/m0/s1. The smallest absolute Gasteiger partial charge is 0.326 e. The summed E-state index contributed by atoms with van der Waals surface area (Å²) >= 11 is 1.29. The molecule has 1 aromatic rings. The fourth-order valence-corrected chi connectivity index (χ4v) is 1.71. The summed E-state index contributed by atoms with van der Waals surface area (Å²) in [6, 6.07) is -0.929. The van der Waals surface area contributed by atoms with Crippen LogP contribution in [0.15, 0.2) is 10.9 Å². The van der Waals surface area contributed by atoms with E-state index in [2.05, 4.69) is 10.3 Å².